The Kier molecular flexibility index (Phi) is 6.89. The molecule has 2 rings (SSSR count). The van der Waals surface area contributed by atoms with Gasteiger partial charge in [0.15, 0.2) is 0 Å². The third-order valence-corrected chi connectivity index (χ3v) is 5.66. The first kappa shape index (κ1) is 23.1. The van der Waals surface area contributed by atoms with Gasteiger partial charge in [-0.25, -0.2) is 13.1 Å². The van der Waals surface area contributed by atoms with Crippen molar-refractivity contribution in [2.45, 2.75) is 30.0 Å². The molecule has 0 saturated heterocycles. The van der Waals surface area contributed by atoms with E-state index in [0.29, 0.717) is 19.0 Å². The standard InChI is InChI=1S/C17H17ClF3N3O4S/c1-16(26,17(19,20)21)15(25)24-14-6-5-12(10-13(14)18)29(27,28)23-9-7-11-4-2-3-8-22-11/h2-6,8,10,23,26H,7,9H2,1H3,(H,24,25)/t16-/m1/s1. The molecule has 1 amide bonds. The molecular weight excluding hydrogens is 435 g/mol. The van der Waals surface area contributed by atoms with E-state index in [2.05, 4.69) is 9.71 Å². The van der Waals surface area contributed by atoms with Gasteiger partial charge in [0.05, 0.1) is 15.6 Å². The maximum atomic E-state index is 12.7. The zero-order chi connectivity index (χ0) is 21.9. The first-order chi connectivity index (χ1) is 13.3. The van der Waals surface area contributed by atoms with E-state index in [4.69, 9.17) is 11.6 Å². The molecule has 0 aliphatic carbocycles. The van der Waals surface area contributed by atoms with Gasteiger partial charge in [0.1, 0.15) is 0 Å². The van der Waals surface area contributed by atoms with Gasteiger partial charge in [-0.1, -0.05) is 17.7 Å². The number of anilines is 1. The Morgan fingerprint density at radius 1 is 1.24 bits per heavy atom. The van der Waals surface area contributed by atoms with Gasteiger partial charge in [0.2, 0.25) is 15.6 Å². The van der Waals surface area contributed by atoms with Crippen LogP contribution in [-0.4, -0.2) is 42.7 Å². The molecule has 0 aliphatic heterocycles. The molecule has 0 fully saturated rings. The highest BCUT2D eigenvalue weighted by Crippen LogP contribution is 2.32. The van der Waals surface area contributed by atoms with Crippen molar-refractivity contribution in [2.24, 2.45) is 0 Å². The Bertz CT molecular complexity index is 983. The van der Waals surface area contributed by atoms with Gasteiger partial charge >= 0.3 is 6.18 Å². The van der Waals surface area contributed by atoms with E-state index >= 15 is 0 Å². The molecule has 1 aromatic heterocycles. The molecule has 3 N–H and O–H groups in total. The number of pyridine rings is 1. The van der Waals surface area contributed by atoms with Crippen molar-refractivity contribution in [3.05, 3.63) is 53.3 Å². The first-order valence-electron chi connectivity index (χ1n) is 8.14. The van der Waals surface area contributed by atoms with Crippen LogP contribution in [0.5, 0.6) is 0 Å². The highest BCUT2D eigenvalue weighted by atomic mass is 35.5. The van der Waals surface area contributed by atoms with Crippen molar-refractivity contribution in [3.63, 3.8) is 0 Å². The number of aromatic nitrogens is 1. The first-order valence-corrected chi connectivity index (χ1v) is 10.0. The van der Waals surface area contributed by atoms with E-state index in [1.807, 2.05) is 5.32 Å². The summed E-state index contributed by atoms with van der Waals surface area (Å²) in [5, 5.41) is 10.9. The summed E-state index contributed by atoms with van der Waals surface area (Å²) in [6.45, 7) is 0.352. The van der Waals surface area contributed by atoms with Gasteiger partial charge in [-0.15, -0.1) is 0 Å². The van der Waals surface area contributed by atoms with Gasteiger partial charge in [-0.3, -0.25) is 9.78 Å². The second kappa shape index (κ2) is 8.66. The van der Waals surface area contributed by atoms with Crippen molar-refractivity contribution in [1.29, 1.82) is 0 Å². The van der Waals surface area contributed by atoms with Crippen LogP contribution in [0.2, 0.25) is 5.02 Å². The minimum atomic E-state index is -5.20. The van der Waals surface area contributed by atoms with Crippen LogP contribution >= 0.6 is 11.6 Å². The van der Waals surface area contributed by atoms with Crippen LogP contribution in [-0.2, 0) is 21.2 Å². The number of hydrogen-bond donors (Lipinski definition) is 3. The quantitative estimate of drug-likeness (QED) is 0.599. The summed E-state index contributed by atoms with van der Waals surface area (Å²) < 4.78 is 65.2. The van der Waals surface area contributed by atoms with Crippen LogP contribution in [0.4, 0.5) is 18.9 Å². The minimum absolute atomic E-state index is 0.0594. The van der Waals surface area contributed by atoms with E-state index < -0.39 is 27.7 Å². The number of benzene rings is 1. The summed E-state index contributed by atoms with van der Waals surface area (Å²) in [6.07, 6.45) is -3.29. The van der Waals surface area contributed by atoms with Crippen LogP contribution in [0.3, 0.4) is 0 Å². The number of halogens is 4. The van der Waals surface area contributed by atoms with Crippen LogP contribution in [0.15, 0.2) is 47.5 Å². The molecule has 2 aromatic rings. The van der Waals surface area contributed by atoms with E-state index in [9.17, 15) is 31.5 Å². The molecule has 0 saturated carbocycles. The third-order valence-electron chi connectivity index (χ3n) is 3.89. The number of amides is 1. The number of nitrogens with one attached hydrogen (secondary N) is 2. The average molecular weight is 452 g/mol. The monoisotopic (exact) mass is 451 g/mol. The predicted octanol–water partition coefficient (Wildman–Crippen LogP) is 2.51. The maximum Gasteiger partial charge on any atom is 0.426 e. The average Bonchev–Trinajstić information content (AvgIpc) is 2.63. The van der Waals surface area contributed by atoms with Gasteiger partial charge in [-0.2, -0.15) is 13.2 Å². The fourth-order valence-corrected chi connectivity index (χ4v) is 3.43. The summed E-state index contributed by atoms with van der Waals surface area (Å²) in [7, 11) is -3.95. The van der Waals surface area contributed by atoms with Gasteiger partial charge in [-0.05, 0) is 37.3 Å². The molecule has 1 heterocycles. The van der Waals surface area contributed by atoms with Crippen molar-refractivity contribution < 1.29 is 31.5 Å². The second-order valence-electron chi connectivity index (χ2n) is 6.13. The van der Waals surface area contributed by atoms with Crippen molar-refractivity contribution in [1.82, 2.24) is 9.71 Å². The number of hydrogen-bond acceptors (Lipinski definition) is 5. The summed E-state index contributed by atoms with van der Waals surface area (Å²) in [5.74, 6) is -1.75. The fraction of sp³-hybridized carbons (Fsp3) is 0.294. The van der Waals surface area contributed by atoms with Gasteiger partial charge in [0, 0.05) is 24.9 Å². The molecule has 0 spiro atoms. The minimum Gasteiger partial charge on any atom is -0.373 e. The number of sulfonamides is 1. The smallest absolute Gasteiger partial charge is 0.373 e. The van der Waals surface area contributed by atoms with Crippen LogP contribution in [0, 0.1) is 0 Å². The molecule has 12 heteroatoms. The van der Waals surface area contributed by atoms with Crippen LogP contribution < -0.4 is 10.0 Å². The van der Waals surface area contributed by atoms with Gasteiger partial charge in [0.25, 0.3) is 5.91 Å². The van der Waals surface area contributed by atoms with Crippen molar-refractivity contribution in [3.8, 4) is 0 Å². The van der Waals surface area contributed by atoms with Gasteiger partial charge < -0.3 is 10.4 Å². The Morgan fingerprint density at radius 2 is 1.93 bits per heavy atom. The highest BCUT2D eigenvalue weighted by molar-refractivity contribution is 7.89. The lowest BCUT2D eigenvalue weighted by Gasteiger charge is -2.25. The normalized spacial score (nSPS) is 14.3. The van der Waals surface area contributed by atoms with E-state index in [0.717, 1.165) is 18.2 Å². The molecule has 0 bridgehead atoms. The summed E-state index contributed by atoms with van der Waals surface area (Å²) in [6, 6.07) is 8.29. The van der Waals surface area contributed by atoms with E-state index in [1.54, 1.807) is 24.4 Å². The lowest BCUT2D eigenvalue weighted by Crippen LogP contribution is -2.52. The third kappa shape index (κ3) is 5.66. The lowest BCUT2D eigenvalue weighted by atomic mass is 10.1. The molecule has 0 unspecified atom stereocenters. The molecule has 0 radical (unpaired) electrons. The zero-order valence-electron chi connectivity index (χ0n) is 15.0. The number of rotatable bonds is 7. The molecule has 7 nitrogen and oxygen atoms in total. The number of aliphatic hydroxyl groups is 1. The Labute approximate surface area is 170 Å². The molecule has 1 aromatic carbocycles. The molecular formula is C17H17ClF3N3O4S. The summed E-state index contributed by atoms with van der Waals surface area (Å²) in [5.41, 5.74) is -3.25. The molecule has 158 valence electrons. The van der Waals surface area contributed by atoms with E-state index in [1.165, 1.54) is 0 Å². The number of carbonyl (C=O) groups is 1. The summed E-state index contributed by atoms with van der Waals surface area (Å²) in [4.78, 5) is 15.5. The Morgan fingerprint density at radius 3 is 2.48 bits per heavy atom. The SMILES string of the molecule is C[C@@](O)(C(=O)Nc1ccc(S(=O)(=O)NCCc2ccccn2)cc1Cl)C(F)(F)F. The Balaban J connectivity index is 2.08. The lowest BCUT2D eigenvalue weighted by molar-refractivity contribution is -0.242. The van der Waals surface area contributed by atoms with Crippen LogP contribution in [0.25, 0.3) is 0 Å². The zero-order valence-corrected chi connectivity index (χ0v) is 16.6. The molecule has 29 heavy (non-hydrogen) atoms. The van der Waals surface area contributed by atoms with Crippen molar-refractivity contribution >= 4 is 33.2 Å². The number of alkyl halides is 3. The number of carbonyl (C=O) groups excluding carboxylic acids is 1. The predicted molar refractivity (Wildman–Crippen MR) is 99.9 cm³/mol. The second-order valence-corrected chi connectivity index (χ2v) is 8.31. The van der Waals surface area contributed by atoms with Crippen LogP contribution in [0.1, 0.15) is 12.6 Å². The fourth-order valence-electron chi connectivity index (χ4n) is 2.08. The molecule has 1 atom stereocenters. The largest absolute Gasteiger partial charge is 0.426 e. The highest BCUT2D eigenvalue weighted by Gasteiger charge is 2.55. The summed E-state index contributed by atoms with van der Waals surface area (Å²) >= 11 is 5.89. The topological polar surface area (TPSA) is 108 Å². The van der Waals surface area contributed by atoms with E-state index in [-0.39, 0.29) is 22.2 Å². The number of nitrogens with zero attached hydrogens (tertiary/aromatic N) is 1. The molecule has 0 aliphatic rings. The Hall–Kier alpha value is -2.21. The maximum absolute atomic E-state index is 12.7. The van der Waals surface area contributed by atoms with Crippen molar-refractivity contribution in [2.75, 3.05) is 11.9 Å².